The first-order valence-corrected chi connectivity index (χ1v) is 8.10. The van der Waals surface area contributed by atoms with Crippen LogP contribution in [0.3, 0.4) is 0 Å². The number of halogens is 2. The van der Waals surface area contributed by atoms with Gasteiger partial charge in [-0.05, 0) is 43.0 Å². The van der Waals surface area contributed by atoms with Crippen molar-refractivity contribution in [3.05, 3.63) is 34.4 Å². The lowest BCUT2D eigenvalue weighted by Crippen LogP contribution is -2.50. The molecular formula is C17H22Cl2N2O2. The van der Waals surface area contributed by atoms with Crippen molar-refractivity contribution >= 4 is 36.0 Å². The number of nitrogens with zero attached hydrogens (tertiary/aromatic N) is 1. The molecule has 2 N–H and O–H groups in total. The highest BCUT2D eigenvalue weighted by Gasteiger charge is 2.31. The molecule has 0 radical (unpaired) electrons. The molecular weight excluding hydrogens is 335 g/mol. The number of fused-ring (bicyclic) bond motifs is 1. The van der Waals surface area contributed by atoms with Crippen molar-refractivity contribution in [2.75, 3.05) is 19.7 Å². The smallest absolute Gasteiger partial charge is 0.253 e. The summed E-state index contributed by atoms with van der Waals surface area (Å²) in [5, 5.41) is 0.638. The van der Waals surface area contributed by atoms with Crippen LogP contribution in [-0.4, -0.2) is 36.5 Å². The molecule has 1 amide bonds. The van der Waals surface area contributed by atoms with Crippen LogP contribution in [-0.2, 0) is 4.79 Å². The summed E-state index contributed by atoms with van der Waals surface area (Å²) in [6.45, 7) is 3.79. The first kappa shape index (κ1) is 18.1. The van der Waals surface area contributed by atoms with Crippen molar-refractivity contribution in [1.29, 1.82) is 0 Å². The van der Waals surface area contributed by atoms with E-state index in [9.17, 15) is 4.79 Å². The Morgan fingerprint density at radius 3 is 3.00 bits per heavy atom. The highest BCUT2D eigenvalue weighted by molar-refractivity contribution is 6.30. The zero-order valence-electron chi connectivity index (χ0n) is 13.1. The fourth-order valence-electron chi connectivity index (χ4n) is 3.20. The Morgan fingerprint density at radius 1 is 1.48 bits per heavy atom. The Labute approximate surface area is 148 Å². The van der Waals surface area contributed by atoms with Crippen molar-refractivity contribution < 1.29 is 9.53 Å². The summed E-state index contributed by atoms with van der Waals surface area (Å²) in [5.74, 6) is 1.42. The van der Waals surface area contributed by atoms with Crippen LogP contribution in [0.4, 0.5) is 0 Å². The normalized spacial score (nSPS) is 23.3. The number of ether oxygens (including phenoxy) is 1. The van der Waals surface area contributed by atoms with E-state index in [-0.39, 0.29) is 24.4 Å². The third-order valence-electron chi connectivity index (χ3n) is 4.47. The number of nitrogens with two attached hydrogens (primary N) is 1. The summed E-state index contributed by atoms with van der Waals surface area (Å²) in [7, 11) is 0. The highest BCUT2D eigenvalue weighted by Crippen LogP contribution is 2.31. The van der Waals surface area contributed by atoms with Gasteiger partial charge in [0.1, 0.15) is 12.4 Å². The van der Waals surface area contributed by atoms with E-state index < -0.39 is 0 Å². The average Bonchev–Trinajstić information content (AvgIpc) is 2.53. The van der Waals surface area contributed by atoms with Crippen LogP contribution in [0.1, 0.15) is 25.3 Å². The first-order chi connectivity index (χ1) is 10.6. The summed E-state index contributed by atoms with van der Waals surface area (Å²) in [6.07, 6.45) is 3.89. The lowest BCUT2D eigenvalue weighted by atomic mass is 9.91. The van der Waals surface area contributed by atoms with Crippen LogP contribution in [0.5, 0.6) is 5.75 Å². The van der Waals surface area contributed by atoms with Gasteiger partial charge in [0, 0.05) is 29.7 Å². The number of rotatable bonds is 2. The zero-order chi connectivity index (χ0) is 15.7. The lowest BCUT2D eigenvalue weighted by molar-refractivity contribution is -0.131. The van der Waals surface area contributed by atoms with Gasteiger partial charge in [0.15, 0.2) is 0 Å². The fourth-order valence-corrected chi connectivity index (χ4v) is 3.38. The van der Waals surface area contributed by atoms with E-state index >= 15 is 0 Å². The molecule has 1 aromatic carbocycles. The van der Waals surface area contributed by atoms with Gasteiger partial charge >= 0.3 is 0 Å². The highest BCUT2D eigenvalue weighted by atomic mass is 35.5. The quantitative estimate of drug-likeness (QED) is 0.885. The van der Waals surface area contributed by atoms with Crippen LogP contribution in [0.25, 0.3) is 6.08 Å². The standard InChI is InChI=1S/C17H21ClN2O2.ClH/c1-11-4-5-20(15(6-11)9-19)17(21)13-7-12-8-14(18)2-3-16(12)22-10-13;/h2-3,7-8,11,15H,4-6,9-10,19H2,1H3;1H. The summed E-state index contributed by atoms with van der Waals surface area (Å²) in [6, 6.07) is 5.57. The maximum atomic E-state index is 12.8. The number of likely N-dealkylation sites (tertiary alicyclic amines) is 1. The van der Waals surface area contributed by atoms with Crippen molar-refractivity contribution in [1.82, 2.24) is 4.90 Å². The second-order valence-corrected chi connectivity index (χ2v) is 6.59. The SMILES string of the molecule is CC1CCN(C(=O)C2=Cc3cc(Cl)ccc3OC2)C(CN)C1.Cl. The van der Waals surface area contributed by atoms with Gasteiger partial charge in [0.05, 0.1) is 5.57 Å². The molecule has 2 atom stereocenters. The minimum Gasteiger partial charge on any atom is -0.488 e. The number of benzene rings is 1. The van der Waals surface area contributed by atoms with Crippen LogP contribution in [0.15, 0.2) is 23.8 Å². The largest absolute Gasteiger partial charge is 0.488 e. The molecule has 126 valence electrons. The molecule has 0 spiro atoms. The number of piperidine rings is 1. The molecule has 6 heteroatoms. The lowest BCUT2D eigenvalue weighted by Gasteiger charge is -2.38. The maximum Gasteiger partial charge on any atom is 0.253 e. The Kier molecular flexibility index (Phi) is 5.95. The predicted molar refractivity (Wildman–Crippen MR) is 95.1 cm³/mol. The van der Waals surface area contributed by atoms with Gasteiger partial charge in [-0.1, -0.05) is 18.5 Å². The van der Waals surface area contributed by atoms with Gasteiger partial charge in [0.25, 0.3) is 5.91 Å². The molecule has 3 rings (SSSR count). The van der Waals surface area contributed by atoms with Crippen LogP contribution < -0.4 is 10.5 Å². The monoisotopic (exact) mass is 356 g/mol. The van der Waals surface area contributed by atoms with Crippen molar-refractivity contribution in [3.63, 3.8) is 0 Å². The minimum atomic E-state index is 0. The molecule has 0 bridgehead atoms. The van der Waals surface area contributed by atoms with Crippen LogP contribution in [0.2, 0.25) is 5.02 Å². The van der Waals surface area contributed by atoms with Crippen LogP contribution in [0, 0.1) is 5.92 Å². The van der Waals surface area contributed by atoms with Gasteiger partial charge < -0.3 is 15.4 Å². The predicted octanol–water partition coefficient (Wildman–Crippen LogP) is 3.12. The van der Waals surface area contributed by atoms with Crippen molar-refractivity contribution in [2.45, 2.75) is 25.8 Å². The Bertz CT molecular complexity index is 619. The molecule has 0 aromatic heterocycles. The molecule has 0 aliphatic carbocycles. The summed E-state index contributed by atoms with van der Waals surface area (Å²) >= 11 is 6.02. The number of carbonyl (C=O) groups excluding carboxylic acids is 1. The topological polar surface area (TPSA) is 55.6 Å². The molecule has 1 fully saturated rings. The summed E-state index contributed by atoms with van der Waals surface area (Å²) < 4.78 is 5.69. The second-order valence-electron chi connectivity index (χ2n) is 6.16. The van der Waals surface area contributed by atoms with Gasteiger partial charge in [-0.2, -0.15) is 0 Å². The molecule has 4 nitrogen and oxygen atoms in total. The maximum absolute atomic E-state index is 12.8. The van der Waals surface area contributed by atoms with Gasteiger partial charge in [0.2, 0.25) is 0 Å². The van der Waals surface area contributed by atoms with Crippen LogP contribution >= 0.6 is 24.0 Å². The molecule has 2 aliphatic rings. The second kappa shape index (κ2) is 7.56. The molecule has 2 heterocycles. The third kappa shape index (κ3) is 3.82. The number of hydrogen-bond acceptors (Lipinski definition) is 3. The Hall–Kier alpha value is -1.23. The van der Waals surface area contributed by atoms with E-state index in [1.54, 1.807) is 6.07 Å². The van der Waals surface area contributed by atoms with E-state index in [1.807, 2.05) is 23.1 Å². The van der Waals surface area contributed by atoms with E-state index in [1.165, 1.54) is 0 Å². The average molecular weight is 357 g/mol. The molecule has 2 unspecified atom stereocenters. The van der Waals surface area contributed by atoms with E-state index in [4.69, 9.17) is 22.1 Å². The van der Waals surface area contributed by atoms with E-state index in [0.717, 1.165) is 30.7 Å². The Morgan fingerprint density at radius 2 is 2.26 bits per heavy atom. The van der Waals surface area contributed by atoms with Crippen molar-refractivity contribution in [3.8, 4) is 5.75 Å². The summed E-state index contributed by atoms with van der Waals surface area (Å²) in [4.78, 5) is 14.7. The number of carbonyl (C=O) groups is 1. The molecule has 23 heavy (non-hydrogen) atoms. The molecule has 2 aliphatic heterocycles. The fraction of sp³-hybridized carbons (Fsp3) is 0.471. The third-order valence-corrected chi connectivity index (χ3v) is 4.71. The number of amides is 1. The molecule has 1 aromatic rings. The van der Waals surface area contributed by atoms with E-state index in [2.05, 4.69) is 6.92 Å². The minimum absolute atomic E-state index is 0. The first-order valence-electron chi connectivity index (χ1n) is 7.72. The molecule has 1 saturated heterocycles. The summed E-state index contributed by atoms with van der Waals surface area (Å²) in [5.41, 5.74) is 7.38. The van der Waals surface area contributed by atoms with Crippen molar-refractivity contribution in [2.24, 2.45) is 11.7 Å². The zero-order valence-corrected chi connectivity index (χ0v) is 14.7. The van der Waals surface area contributed by atoms with Gasteiger partial charge in [-0.25, -0.2) is 0 Å². The molecule has 0 saturated carbocycles. The number of hydrogen-bond donors (Lipinski definition) is 1. The van der Waals surface area contributed by atoms with Gasteiger partial charge in [-0.3, -0.25) is 4.79 Å². The van der Waals surface area contributed by atoms with E-state index in [0.29, 0.717) is 29.7 Å². The Balaban J connectivity index is 0.00000192. The van der Waals surface area contributed by atoms with Gasteiger partial charge in [-0.15, -0.1) is 12.4 Å².